The van der Waals surface area contributed by atoms with Crippen molar-refractivity contribution in [2.45, 2.75) is 37.3 Å². The number of amides is 1. The monoisotopic (exact) mass is 354 g/mol. The van der Waals surface area contributed by atoms with Crippen molar-refractivity contribution < 1.29 is 19.4 Å². The van der Waals surface area contributed by atoms with E-state index in [2.05, 4.69) is 10.2 Å². The largest absolute Gasteiger partial charge is 0.497 e. The van der Waals surface area contributed by atoms with Gasteiger partial charge in [0.2, 0.25) is 5.91 Å². The molecule has 0 bridgehead atoms. The molecule has 0 radical (unpaired) electrons. The van der Waals surface area contributed by atoms with Crippen molar-refractivity contribution in [1.82, 2.24) is 4.90 Å². The molecule has 136 valence electrons. The lowest BCUT2D eigenvalue weighted by molar-refractivity contribution is -0.135. The minimum atomic E-state index is -0.913. The fraction of sp³-hybridized carbons (Fsp3) is 0.500. The zero-order valence-electron chi connectivity index (χ0n) is 14.6. The molecule has 0 unspecified atom stereocenters. The fourth-order valence-corrected chi connectivity index (χ4v) is 5.66. The molecule has 2 fully saturated rings. The molecule has 6 heteroatoms. The Labute approximate surface area is 151 Å². The normalized spacial score (nSPS) is 38.0. The summed E-state index contributed by atoms with van der Waals surface area (Å²) in [5, 5.41) is 12.7. The van der Waals surface area contributed by atoms with E-state index in [0.717, 1.165) is 30.8 Å². The second-order valence-electron chi connectivity index (χ2n) is 7.96. The number of nitrogens with zero attached hydrogens (tertiary/aromatic N) is 1. The van der Waals surface area contributed by atoms with E-state index in [0.29, 0.717) is 12.0 Å². The predicted octanol–water partition coefficient (Wildman–Crippen LogP) is 1.97. The number of fused-ring (bicyclic) bond motifs is 5. The number of carbonyl (C=O) groups excluding carboxylic acids is 1. The van der Waals surface area contributed by atoms with Crippen LogP contribution in [0.25, 0.3) is 0 Å². The molecule has 2 N–H and O–H groups in total. The maximum absolute atomic E-state index is 13.1. The van der Waals surface area contributed by atoms with Gasteiger partial charge in [-0.25, -0.2) is 4.79 Å². The van der Waals surface area contributed by atoms with E-state index >= 15 is 0 Å². The topological polar surface area (TPSA) is 78.9 Å². The Morgan fingerprint density at radius 2 is 2.19 bits per heavy atom. The van der Waals surface area contributed by atoms with Crippen molar-refractivity contribution in [2.75, 3.05) is 18.4 Å². The number of anilines is 1. The highest BCUT2D eigenvalue weighted by Gasteiger charge is 2.61. The summed E-state index contributed by atoms with van der Waals surface area (Å²) in [7, 11) is 0. The van der Waals surface area contributed by atoms with Crippen LogP contribution >= 0.6 is 0 Å². The number of piperidine rings is 1. The van der Waals surface area contributed by atoms with Gasteiger partial charge in [0.15, 0.2) is 0 Å². The van der Waals surface area contributed by atoms with E-state index in [9.17, 15) is 14.7 Å². The van der Waals surface area contributed by atoms with Crippen LogP contribution in [0.4, 0.5) is 5.69 Å². The van der Waals surface area contributed by atoms with Gasteiger partial charge >= 0.3 is 5.97 Å². The van der Waals surface area contributed by atoms with Crippen molar-refractivity contribution in [3.63, 3.8) is 0 Å². The number of hydrogen-bond acceptors (Lipinski definition) is 4. The lowest BCUT2D eigenvalue weighted by atomic mass is 9.66. The molecule has 4 aliphatic heterocycles. The highest BCUT2D eigenvalue weighted by Crippen LogP contribution is 2.53. The lowest BCUT2D eigenvalue weighted by Crippen LogP contribution is -2.56. The van der Waals surface area contributed by atoms with Gasteiger partial charge in [0.25, 0.3) is 0 Å². The number of carboxylic acids is 1. The molecule has 5 rings (SSSR count). The van der Waals surface area contributed by atoms with Crippen LogP contribution in [-0.2, 0) is 19.7 Å². The van der Waals surface area contributed by atoms with Crippen LogP contribution in [0.2, 0.25) is 0 Å². The summed E-state index contributed by atoms with van der Waals surface area (Å²) in [6, 6.07) is 7.95. The van der Waals surface area contributed by atoms with Crippen molar-refractivity contribution in [1.29, 1.82) is 0 Å². The molecule has 6 nitrogen and oxygen atoms in total. The Bertz CT molecular complexity index is 835. The highest BCUT2D eigenvalue weighted by atomic mass is 16.5. The smallest absolute Gasteiger partial charge is 0.334 e. The van der Waals surface area contributed by atoms with Gasteiger partial charge in [-0.1, -0.05) is 18.2 Å². The Hall–Kier alpha value is -2.34. The minimum Gasteiger partial charge on any atom is -0.497 e. The zero-order chi connectivity index (χ0) is 18.1. The van der Waals surface area contributed by atoms with Crippen LogP contribution in [0, 0.1) is 11.8 Å². The van der Waals surface area contributed by atoms with E-state index in [1.807, 2.05) is 31.2 Å². The molecule has 1 spiro atoms. The predicted molar refractivity (Wildman–Crippen MR) is 94.6 cm³/mol. The van der Waals surface area contributed by atoms with Gasteiger partial charge in [0.05, 0.1) is 23.4 Å². The molecule has 0 saturated carbocycles. The summed E-state index contributed by atoms with van der Waals surface area (Å²) in [6.45, 7) is 3.64. The third kappa shape index (κ3) is 1.91. The highest BCUT2D eigenvalue weighted by molar-refractivity contribution is 6.07. The standard InChI is InChI=1S/C20H22N2O4/c1-11-13-9-22-7-6-20(15-4-2-3-5-16(15)21-19(20)25)17(22)8-12(13)14(10-26-11)18(23)24/h2-5,10-13,17H,6-9H2,1H3,(H,21,25)(H,23,24)/t11-,12-,13-,17-,20-/m0/s1. The van der Waals surface area contributed by atoms with Gasteiger partial charge in [-0.15, -0.1) is 0 Å². The first-order valence-electron chi connectivity index (χ1n) is 9.26. The van der Waals surface area contributed by atoms with Crippen LogP contribution in [0.1, 0.15) is 25.3 Å². The Balaban J connectivity index is 1.57. The van der Waals surface area contributed by atoms with Gasteiger partial charge < -0.3 is 15.2 Å². The number of carbonyl (C=O) groups is 2. The summed E-state index contributed by atoms with van der Waals surface area (Å²) in [5.41, 5.74) is 1.75. The molecule has 1 amide bonds. The van der Waals surface area contributed by atoms with Crippen molar-refractivity contribution in [3.8, 4) is 0 Å². The first-order chi connectivity index (χ1) is 12.5. The first-order valence-corrected chi connectivity index (χ1v) is 9.26. The molecule has 0 aromatic heterocycles. The van der Waals surface area contributed by atoms with Gasteiger partial charge in [-0.3, -0.25) is 9.69 Å². The summed E-state index contributed by atoms with van der Waals surface area (Å²) < 4.78 is 5.62. The van der Waals surface area contributed by atoms with Crippen LogP contribution in [0.15, 0.2) is 36.1 Å². The van der Waals surface area contributed by atoms with Crippen LogP contribution in [0.3, 0.4) is 0 Å². The lowest BCUT2D eigenvalue weighted by Gasteiger charge is -2.47. The van der Waals surface area contributed by atoms with E-state index in [1.54, 1.807) is 0 Å². The number of carboxylic acid groups (broad SMARTS) is 1. The Morgan fingerprint density at radius 3 is 3.00 bits per heavy atom. The van der Waals surface area contributed by atoms with E-state index in [4.69, 9.17) is 4.74 Å². The number of benzene rings is 1. The second-order valence-corrected chi connectivity index (χ2v) is 7.96. The molecular formula is C20H22N2O4. The van der Waals surface area contributed by atoms with Gasteiger partial charge in [-0.2, -0.15) is 0 Å². The summed E-state index contributed by atoms with van der Waals surface area (Å²) in [6.07, 6.45) is 2.87. The molecule has 0 aliphatic carbocycles. The van der Waals surface area contributed by atoms with Gasteiger partial charge in [0.1, 0.15) is 0 Å². The summed E-state index contributed by atoms with van der Waals surface area (Å²) in [4.78, 5) is 27.2. The van der Waals surface area contributed by atoms with E-state index < -0.39 is 11.4 Å². The Morgan fingerprint density at radius 1 is 1.38 bits per heavy atom. The number of ether oxygens (including phenoxy) is 1. The SMILES string of the molecule is C[C@@H]1OC=C(C(=O)O)[C@H]2C[C@@H]3N(CC[C@@]34C(=O)Nc3ccccc34)C[C@@H]12. The molecule has 5 atom stereocenters. The van der Waals surface area contributed by atoms with E-state index in [1.165, 1.54) is 6.26 Å². The molecule has 4 heterocycles. The van der Waals surface area contributed by atoms with Crippen LogP contribution in [-0.4, -0.2) is 47.1 Å². The van der Waals surface area contributed by atoms with Gasteiger partial charge in [0, 0.05) is 30.1 Å². The van der Waals surface area contributed by atoms with Crippen molar-refractivity contribution in [3.05, 3.63) is 41.7 Å². The molecule has 4 aliphatic rings. The Kier molecular flexibility index (Phi) is 3.26. The van der Waals surface area contributed by atoms with Gasteiger partial charge in [-0.05, 0) is 37.9 Å². The third-order valence-corrected chi connectivity index (χ3v) is 6.96. The third-order valence-electron chi connectivity index (χ3n) is 6.96. The number of para-hydroxylation sites is 1. The van der Waals surface area contributed by atoms with Crippen LogP contribution in [0.5, 0.6) is 0 Å². The maximum atomic E-state index is 13.1. The summed E-state index contributed by atoms with van der Waals surface area (Å²) in [5.74, 6) is -0.778. The number of rotatable bonds is 1. The molecular weight excluding hydrogens is 332 g/mol. The zero-order valence-corrected chi connectivity index (χ0v) is 14.6. The number of aliphatic carboxylic acids is 1. The quantitative estimate of drug-likeness (QED) is 0.806. The van der Waals surface area contributed by atoms with Crippen LogP contribution < -0.4 is 5.32 Å². The molecule has 1 aromatic carbocycles. The van der Waals surface area contributed by atoms with E-state index in [-0.39, 0.29) is 29.9 Å². The summed E-state index contributed by atoms with van der Waals surface area (Å²) >= 11 is 0. The first kappa shape index (κ1) is 15.9. The number of hydrogen-bond donors (Lipinski definition) is 2. The maximum Gasteiger partial charge on any atom is 0.334 e. The average molecular weight is 354 g/mol. The minimum absolute atomic E-state index is 0.00899. The second kappa shape index (κ2) is 5.33. The molecule has 2 saturated heterocycles. The fourth-order valence-electron chi connectivity index (χ4n) is 5.66. The van der Waals surface area contributed by atoms with Crippen molar-refractivity contribution >= 4 is 17.6 Å². The average Bonchev–Trinajstić information content (AvgIpc) is 3.14. The number of nitrogens with one attached hydrogen (secondary N) is 1. The molecule has 26 heavy (non-hydrogen) atoms. The van der Waals surface area contributed by atoms with Crippen molar-refractivity contribution in [2.24, 2.45) is 11.8 Å². The molecule has 1 aromatic rings.